The number of nitrogens with one attached hydrogen (secondary N) is 1. The smallest absolute Gasteiger partial charge is 0.259 e. The molecule has 2 aromatic carbocycles. The normalized spacial score (nSPS) is 10.4. The van der Waals surface area contributed by atoms with Gasteiger partial charge in [-0.05, 0) is 37.1 Å². The molecule has 0 saturated heterocycles. The fraction of sp³-hybridized carbons (Fsp3) is 0.316. The summed E-state index contributed by atoms with van der Waals surface area (Å²) in [6.45, 7) is 7.24. The van der Waals surface area contributed by atoms with Crippen molar-refractivity contribution in [3.8, 4) is 11.5 Å². The first-order valence-corrected chi connectivity index (χ1v) is 7.86. The molecule has 0 spiro atoms. The Labute approximate surface area is 137 Å². The van der Waals surface area contributed by atoms with Crippen LogP contribution in [0.2, 0.25) is 0 Å². The van der Waals surface area contributed by atoms with E-state index in [2.05, 4.69) is 19.2 Å². The van der Waals surface area contributed by atoms with E-state index in [-0.39, 0.29) is 5.91 Å². The Bertz CT molecular complexity index is 653. The number of para-hydroxylation sites is 1. The zero-order valence-electron chi connectivity index (χ0n) is 13.8. The van der Waals surface area contributed by atoms with E-state index in [9.17, 15) is 4.79 Å². The molecule has 4 nitrogen and oxygen atoms in total. The van der Waals surface area contributed by atoms with Crippen LogP contribution in [-0.2, 0) is 0 Å². The summed E-state index contributed by atoms with van der Waals surface area (Å²) in [5.74, 6) is 1.58. The number of ether oxygens (including phenoxy) is 2. The van der Waals surface area contributed by atoms with Gasteiger partial charge < -0.3 is 14.8 Å². The van der Waals surface area contributed by atoms with E-state index in [1.54, 1.807) is 12.1 Å². The third-order valence-electron chi connectivity index (χ3n) is 3.11. The van der Waals surface area contributed by atoms with Gasteiger partial charge in [0.1, 0.15) is 11.5 Å². The van der Waals surface area contributed by atoms with Crippen LogP contribution in [0.15, 0.2) is 48.5 Å². The summed E-state index contributed by atoms with van der Waals surface area (Å²) in [4.78, 5) is 12.5. The maximum absolute atomic E-state index is 12.5. The van der Waals surface area contributed by atoms with Crippen molar-refractivity contribution >= 4 is 11.6 Å². The lowest BCUT2D eigenvalue weighted by Crippen LogP contribution is -2.13. The molecule has 0 aliphatic heterocycles. The van der Waals surface area contributed by atoms with Crippen LogP contribution in [0.1, 0.15) is 31.1 Å². The standard InChI is InChI=1S/C19H23NO3/c1-4-22-18-11-6-5-10-17(18)19(21)20-15-8-7-9-16(12-15)23-13-14(2)3/h5-12,14H,4,13H2,1-3H3,(H,20,21). The predicted octanol–water partition coefficient (Wildman–Crippen LogP) is 4.37. The van der Waals surface area contributed by atoms with Crippen molar-refractivity contribution in [2.24, 2.45) is 5.92 Å². The Kier molecular flexibility index (Phi) is 6.03. The molecule has 0 heterocycles. The summed E-state index contributed by atoms with van der Waals surface area (Å²) in [7, 11) is 0. The first kappa shape index (κ1) is 16.9. The van der Waals surface area contributed by atoms with E-state index in [4.69, 9.17) is 9.47 Å². The Morgan fingerprint density at radius 3 is 2.61 bits per heavy atom. The number of anilines is 1. The van der Waals surface area contributed by atoms with E-state index in [0.29, 0.717) is 36.1 Å². The first-order valence-electron chi connectivity index (χ1n) is 7.86. The molecule has 0 fully saturated rings. The van der Waals surface area contributed by atoms with E-state index in [1.807, 2.05) is 43.3 Å². The number of amides is 1. The van der Waals surface area contributed by atoms with Crippen molar-refractivity contribution < 1.29 is 14.3 Å². The van der Waals surface area contributed by atoms with Gasteiger partial charge in [-0.15, -0.1) is 0 Å². The van der Waals surface area contributed by atoms with Crippen LogP contribution in [0, 0.1) is 5.92 Å². The van der Waals surface area contributed by atoms with Gasteiger partial charge in [0.2, 0.25) is 0 Å². The molecule has 2 rings (SSSR count). The summed E-state index contributed by atoms with van der Waals surface area (Å²) in [5, 5.41) is 2.89. The molecule has 0 bridgehead atoms. The SMILES string of the molecule is CCOc1ccccc1C(=O)Nc1cccc(OCC(C)C)c1. The van der Waals surface area contributed by atoms with Crippen LogP contribution in [0.5, 0.6) is 11.5 Å². The molecule has 0 radical (unpaired) electrons. The van der Waals surface area contributed by atoms with E-state index < -0.39 is 0 Å². The summed E-state index contributed by atoms with van der Waals surface area (Å²) in [6, 6.07) is 14.6. The molecular formula is C19H23NO3. The van der Waals surface area contributed by atoms with Crippen LogP contribution in [0.25, 0.3) is 0 Å². The fourth-order valence-corrected chi connectivity index (χ4v) is 2.06. The van der Waals surface area contributed by atoms with Crippen molar-refractivity contribution in [1.82, 2.24) is 0 Å². The van der Waals surface area contributed by atoms with E-state index >= 15 is 0 Å². The van der Waals surface area contributed by atoms with Gasteiger partial charge in [-0.1, -0.05) is 32.0 Å². The molecule has 0 aliphatic rings. The Hall–Kier alpha value is -2.49. The third kappa shape index (κ3) is 5.02. The number of rotatable bonds is 7. The van der Waals surface area contributed by atoms with Gasteiger partial charge >= 0.3 is 0 Å². The van der Waals surface area contributed by atoms with Crippen molar-refractivity contribution in [2.45, 2.75) is 20.8 Å². The lowest BCUT2D eigenvalue weighted by atomic mass is 10.2. The van der Waals surface area contributed by atoms with Gasteiger partial charge in [-0.2, -0.15) is 0 Å². The molecular weight excluding hydrogens is 290 g/mol. The molecule has 1 amide bonds. The maximum atomic E-state index is 12.5. The number of hydrogen-bond donors (Lipinski definition) is 1. The van der Waals surface area contributed by atoms with Crippen LogP contribution in [-0.4, -0.2) is 19.1 Å². The van der Waals surface area contributed by atoms with Crippen LogP contribution in [0.3, 0.4) is 0 Å². The Morgan fingerprint density at radius 2 is 1.87 bits per heavy atom. The zero-order chi connectivity index (χ0) is 16.7. The monoisotopic (exact) mass is 313 g/mol. The molecule has 0 aromatic heterocycles. The minimum absolute atomic E-state index is 0.199. The number of carbonyl (C=O) groups is 1. The van der Waals surface area contributed by atoms with E-state index in [0.717, 1.165) is 5.75 Å². The highest BCUT2D eigenvalue weighted by Gasteiger charge is 2.12. The second-order valence-electron chi connectivity index (χ2n) is 5.62. The average molecular weight is 313 g/mol. The quantitative estimate of drug-likeness (QED) is 0.825. The van der Waals surface area contributed by atoms with E-state index in [1.165, 1.54) is 0 Å². The van der Waals surface area contributed by atoms with Crippen LogP contribution >= 0.6 is 0 Å². The van der Waals surface area contributed by atoms with Crippen molar-refractivity contribution in [3.05, 3.63) is 54.1 Å². The lowest BCUT2D eigenvalue weighted by Gasteiger charge is -2.12. The molecule has 1 N–H and O–H groups in total. The maximum Gasteiger partial charge on any atom is 0.259 e. The minimum Gasteiger partial charge on any atom is -0.493 e. The third-order valence-corrected chi connectivity index (χ3v) is 3.11. The van der Waals surface area contributed by atoms with Gasteiger partial charge in [-0.25, -0.2) is 0 Å². The molecule has 0 unspecified atom stereocenters. The second-order valence-corrected chi connectivity index (χ2v) is 5.62. The lowest BCUT2D eigenvalue weighted by molar-refractivity contribution is 0.102. The molecule has 0 saturated carbocycles. The van der Waals surface area contributed by atoms with Crippen molar-refractivity contribution in [3.63, 3.8) is 0 Å². The fourth-order valence-electron chi connectivity index (χ4n) is 2.06. The van der Waals surface area contributed by atoms with Crippen LogP contribution in [0.4, 0.5) is 5.69 Å². The highest BCUT2D eigenvalue weighted by molar-refractivity contribution is 6.06. The topological polar surface area (TPSA) is 47.6 Å². The second kappa shape index (κ2) is 8.22. The summed E-state index contributed by atoms with van der Waals surface area (Å²) in [5.41, 5.74) is 1.21. The summed E-state index contributed by atoms with van der Waals surface area (Å²) < 4.78 is 11.2. The molecule has 2 aromatic rings. The highest BCUT2D eigenvalue weighted by Crippen LogP contribution is 2.22. The summed E-state index contributed by atoms with van der Waals surface area (Å²) >= 11 is 0. The number of benzene rings is 2. The predicted molar refractivity (Wildman–Crippen MR) is 92.3 cm³/mol. The Balaban J connectivity index is 2.10. The van der Waals surface area contributed by atoms with Gasteiger partial charge in [0, 0.05) is 11.8 Å². The van der Waals surface area contributed by atoms with Gasteiger partial charge in [0.25, 0.3) is 5.91 Å². The first-order chi connectivity index (χ1) is 11.1. The largest absolute Gasteiger partial charge is 0.493 e. The van der Waals surface area contributed by atoms with Crippen LogP contribution < -0.4 is 14.8 Å². The molecule has 0 atom stereocenters. The Morgan fingerprint density at radius 1 is 1.09 bits per heavy atom. The van der Waals surface area contributed by atoms with Crippen molar-refractivity contribution in [2.75, 3.05) is 18.5 Å². The average Bonchev–Trinajstić information content (AvgIpc) is 2.54. The molecule has 0 aliphatic carbocycles. The molecule has 122 valence electrons. The van der Waals surface area contributed by atoms with Gasteiger partial charge in [-0.3, -0.25) is 4.79 Å². The van der Waals surface area contributed by atoms with Gasteiger partial charge in [0.15, 0.2) is 0 Å². The number of carbonyl (C=O) groups excluding carboxylic acids is 1. The minimum atomic E-state index is -0.199. The highest BCUT2D eigenvalue weighted by atomic mass is 16.5. The summed E-state index contributed by atoms with van der Waals surface area (Å²) in [6.07, 6.45) is 0. The number of hydrogen-bond acceptors (Lipinski definition) is 3. The molecule has 23 heavy (non-hydrogen) atoms. The zero-order valence-corrected chi connectivity index (χ0v) is 13.8. The van der Waals surface area contributed by atoms with Crippen molar-refractivity contribution in [1.29, 1.82) is 0 Å². The molecule has 4 heteroatoms. The van der Waals surface area contributed by atoms with Gasteiger partial charge in [0.05, 0.1) is 18.8 Å².